The Bertz CT molecular complexity index is 549. The first-order chi connectivity index (χ1) is 11.2. The van der Waals surface area contributed by atoms with Crippen molar-refractivity contribution in [2.75, 3.05) is 25.0 Å². The second-order valence-corrected chi connectivity index (χ2v) is 6.23. The Balaban J connectivity index is 1.50. The molecule has 1 aromatic carbocycles. The number of rotatable bonds is 3. The van der Waals surface area contributed by atoms with Crippen molar-refractivity contribution < 1.29 is 9.59 Å². The molecule has 23 heavy (non-hydrogen) atoms. The van der Waals surface area contributed by atoms with Gasteiger partial charge in [0, 0.05) is 31.4 Å². The summed E-state index contributed by atoms with van der Waals surface area (Å²) in [5.74, 6) is -0.0611. The van der Waals surface area contributed by atoms with Gasteiger partial charge in [-0.3, -0.25) is 4.79 Å². The predicted molar refractivity (Wildman–Crippen MR) is 89.2 cm³/mol. The van der Waals surface area contributed by atoms with Gasteiger partial charge in [-0.2, -0.15) is 0 Å². The zero-order valence-electron chi connectivity index (χ0n) is 13.3. The number of nitrogens with zero attached hydrogens (tertiary/aromatic N) is 1. The first-order valence-corrected chi connectivity index (χ1v) is 8.37. The smallest absolute Gasteiger partial charge is 0.318 e. The van der Waals surface area contributed by atoms with Gasteiger partial charge in [0.25, 0.3) is 0 Å². The second-order valence-electron chi connectivity index (χ2n) is 6.23. The normalized spacial score (nSPS) is 24.7. The Morgan fingerprint density at radius 3 is 2.83 bits per heavy atom. The molecule has 2 atom stereocenters. The van der Waals surface area contributed by atoms with Crippen LogP contribution in [-0.2, 0) is 4.79 Å². The molecular weight excluding hydrogens is 292 g/mol. The summed E-state index contributed by atoms with van der Waals surface area (Å²) >= 11 is 0. The standard InChI is InChI=1S/C17H24N4O2/c22-16-15(8-4-5-10-18-16)20-17(23)21-11-9-14(12-21)19-13-6-2-1-3-7-13/h1-3,6-7,14-15,19H,4-5,8-12H2,(H,18,22)(H,20,23)/t14-,15-/m1/s1. The number of anilines is 1. The molecular formula is C17H24N4O2. The third kappa shape index (κ3) is 4.15. The lowest BCUT2D eigenvalue weighted by molar-refractivity contribution is -0.122. The molecule has 0 bridgehead atoms. The molecule has 0 spiro atoms. The molecule has 1 aromatic rings. The van der Waals surface area contributed by atoms with Gasteiger partial charge in [0.05, 0.1) is 0 Å². The van der Waals surface area contributed by atoms with E-state index in [9.17, 15) is 9.59 Å². The van der Waals surface area contributed by atoms with Crippen molar-refractivity contribution in [3.05, 3.63) is 30.3 Å². The highest BCUT2D eigenvalue weighted by molar-refractivity contribution is 5.87. The van der Waals surface area contributed by atoms with E-state index in [1.54, 1.807) is 4.90 Å². The minimum Gasteiger partial charge on any atom is -0.380 e. The summed E-state index contributed by atoms with van der Waals surface area (Å²) < 4.78 is 0. The fraction of sp³-hybridized carbons (Fsp3) is 0.529. The van der Waals surface area contributed by atoms with E-state index in [-0.39, 0.29) is 18.0 Å². The first kappa shape index (κ1) is 15.6. The molecule has 3 rings (SSSR count). The zero-order valence-corrected chi connectivity index (χ0v) is 13.3. The van der Waals surface area contributed by atoms with Crippen LogP contribution < -0.4 is 16.0 Å². The summed E-state index contributed by atoms with van der Waals surface area (Å²) in [6.45, 7) is 2.08. The van der Waals surface area contributed by atoms with Crippen LogP contribution in [0.15, 0.2) is 30.3 Å². The molecule has 0 aliphatic carbocycles. The molecule has 6 nitrogen and oxygen atoms in total. The molecule has 2 aliphatic heterocycles. The highest BCUT2D eigenvalue weighted by Gasteiger charge is 2.29. The molecule has 3 amide bonds. The number of nitrogens with one attached hydrogen (secondary N) is 3. The van der Waals surface area contributed by atoms with Crippen LogP contribution in [0.4, 0.5) is 10.5 Å². The highest BCUT2D eigenvalue weighted by atomic mass is 16.2. The van der Waals surface area contributed by atoms with Crippen LogP contribution >= 0.6 is 0 Å². The van der Waals surface area contributed by atoms with Crippen LogP contribution in [0.2, 0.25) is 0 Å². The van der Waals surface area contributed by atoms with E-state index in [2.05, 4.69) is 16.0 Å². The van der Waals surface area contributed by atoms with Gasteiger partial charge in [0.2, 0.25) is 5.91 Å². The number of para-hydroxylation sites is 1. The third-order valence-corrected chi connectivity index (χ3v) is 4.45. The van der Waals surface area contributed by atoms with Crippen LogP contribution in [-0.4, -0.2) is 48.6 Å². The molecule has 2 heterocycles. The van der Waals surface area contributed by atoms with Crippen LogP contribution in [0, 0.1) is 0 Å². The molecule has 2 aliphatic rings. The maximum atomic E-state index is 12.4. The van der Waals surface area contributed by atoms with E-state index < -0.39 is 6.04 Å². The zero-order chi connectivity index (χ0) is 16.1. The molecule has 3 N–H and O–H groups in total. The molecule has 2 fully saturated rings. The van der Waals surface area contributed by atoms with Crippen molar-refractivity contribution in [1.29, 1.82) is 0 Å². The lowest BCUT2D eigenvalue weighted by Crippen LogP contribution is -2.50. The summed E-state index contributed by atoms with van der Waals surface area (Å²) in [6.07, 6.45) is 3.57. The number of carbonyl (C=O) groups excluding carboxylic acids is 2. The minimum absolute atomic E-state index is 0.0611. The van der Waals surface area contributed by atoms with Gasteiger partial charge in [0.1, 0.15) is 6.04 Å². The Morgan fingerprint density at radius 2 is 2.00 bits per heavy atom. The van der Waals surface area contributed by atoms with Crippen molar-refractivity contribution in [2.24, 2.45) is 0 Å². The number of benzene rings is 1. The van der Waals surface area contributed by atoms with Crippen LogP contribution in [0.1, 0.15) is 25.7 Å². The van der Waals surface area contributed by atoms with Gasteiger partial charge in [-0.15, -0.1) is 0 Å². The molecule has 124 valence electrons. The second kappa shape index (κ2) is 7.35. The largest absolute Gasteiger partial charge is 0.380 e. The Kier molecular flexibility index (Phi) is 5.00. The van der Waals surface area contributed by atoms with E-state index in [0.29, 0.717) is 19.6 Å². The molecule has 0 unspecified atom stereocenters. The van der Waals surface area contributed by atoms with Crippen LogP contribution in [0.5, 0.6) is 0 Å². The molecule has 2 saturated heterocycles. The van der Waals surface area contributed by atoms with E-state index in [1.165, 1.54) is 0 Å². The van der Waals surface area contributed by atoms with E-state index >= 15 is 0 Å². The van der Waals surface area contributed by atoms with Crippen molar-refractivity contribution in [3.8, 4) is 0 Å². The fourth-order valence-electron chi connectivity index (χ4n) is 3.15. The summed E-state index contributed by atoms with van der Waals surface area (Å²) in [5.41, 5.74) is 1.07. The van der Waals surface area contributed by atoms with Crippen LogP contribution in [0.25, 0.3) is 0 Å². The van der Waals surface area contributed by atoms with E-state index in [0.717, 1.165) is 31.4 Å². The van der Waals surface area contributed by atoms with Crippen molar-refractivity contribution in [2.45, 2.75) is 37.8 Å². The Hall–Kier alpha value is -2.24. The number of likely N-dealkylation sites (tertiary alicyclic amines) is 1. The Labute approximate surface area is 136 Å². The highest BCUT2D eigenvalue weighted by Crippen LogP contribution is 2.16. The number of hydrogen-bond donors (Lipinski definition) is 3. The lowest BCUT2D eigenvalue weighted by Gasteiger charge is -2.22. The summed E-state index contributed by atoms with van der Waals surface area (Å²) in [6, 6.07) is 9.75. The SMILES string of the molecule is O=C1NCCCC[C@H]1NC(=O)N1CC[C@@H](Nc2ccccc2)C1. The van der Waals surface area contributed by atoms with Crippen molar-refractivity contribution in [1.82, 2.24) is 15.5 Å². The van der Waals surface area contributed by atoms with Gasteiger partial charge >= 0.3 is 6.03 Å². The van der Waals surface area contributed by atoms with Gasteiger partial charge < -0.3 is 20.9 Å². The number of hydrogen-bond acceptors (Lipinski definition) is 3. The van der Waals surface area contributed by atoms with E-state index in [4.69, 9.17) is 0 Å². The van der Waals surface area contributed by atoms with Gasteiger partial charge in [-0.1, -0.05) is 18.2 Å². The average molecular weight is 316 g/mol. The van der Waals surface area contributed by atoms with Gasteiger partial charge in [-0.25, -0.2) is 4.79 Å². The monoisotopic (exact) mass is 316 g/mol. The van der Waals surface area contributed by atoms with Crippen LogP contribution in [0.3, 0.4) is 0 Å². The molecule has 0 radical (unpaired) electrons. The van der Waals surface area contributed by atoms with Crippen molar-refractivity contribution >= 4 is 17.6 Å². The quantitative estimate of drug-likeness (QED) is 0.792. The summed E-state index contributed by atoms with van der Waals surface area (Å²) in [5, 5.41) is 9.18. The van der Waals surface area contributed by atoms with E-state index in [1.807, 2.05) is 30.3 Å². The molecule has 6 heteroatoms. The predicted octanol–water partition coefficient (Wildman–Crippen LogP) is 1.55. The summed E-state index contributed by atoms with van der Waals surface area (Å²) in [4.78, 5) is 26.1. The van der Waals surface area contributed by atoms with Gasteiger partial charge in [0.15, 0.2) is 0 Å². The maximum Gasteiger partial charge on any atom is 0.318 e. The topological polar surface area (TPSA) is 73.5 Å². The summed E-state index contributed by atoms with van der Waals surface area (Å²) in [7, 11) is 0. The number of urea groups is 1. The lowest BCUT2D eigenvalue weighted by atomic mass is 10.1. The number of carbonyl (C=O) groups is 2. The Morgan fingerprint density at radius 1 is 1.17 bits per heavy atom. The van der Waals surface area contributed by atoms with Gasteiger partial charge in [-0.05, 0) is 37.8 Å². The molecule has 0 aromatic heterocycles. The van der Waals surface area contributed by atoms with Crippen molar-refractivity contribution in [3.63, 3.8) is 0 Å². The fourth-order valence-corrected chi connectivity index (χ4v) is 3.15. The number of amides is 3. The first-order valence-electron chi connectivity index (χ1n) is 8.37. The molecule has 0 saturated carbocycles. The maximum absolute atomic E-state index is 12.4. The third-order valence-electron chi connectivity index (χ3n) is 4.45. The average Bonchev–Trinajstić information content (AvgIpc) is 2.93. The minimum atomic E-state index is -0.397.